The van der Waals surface area contributed by atoms with Crippen molar-refractivity contribution in [3.63, 3.8) is 0 Å². The second kappa shape index (κ2) is 7.48. The first-order valence-electron chi connectivity index (χ1n) is 8.79. The van der Waals surface area contributed by atoms with Crippen LogP contribution in [0.25, 0.3) is 15.9 Å². The summed E-state index contributed by atoms with van der Waals surface area (Å²) in [5, 5.41) is 4.34. The first-order chi connectivity index (χ1) is 13.9. The van der Waals surface area contributed by atoms with Gasteiger partial charge in [-0.1, -0.05) is 17.7 Å². The van der Waals surface area contributed by atoms with Crippen LogP contribution in [0, 0.1) is 12.7 Å². The van der Waals surface area contributed by atoms with Gasteiger partial charge in [-0.25, -0.2) is 13.8 Å². The number of aromatic nitrogens is 2. The van der Waals surface area contributed by atoms with E-state index >= 15 is 0 Å². The number of nitrogens with one attached hydrogen (secondary N) is 1. The van der Waals surface area contributed by atoms with Crippen LogP contribution in [0.2, 0.25) is 0 Å². The lowest BCUT2D eigenvalue weighted by molar-refractivity contribution is -0.116. The van der Waals surface area contributed by atoms with Gasteiger partial charge in [-0.3, -0.25) is 14.2 Å². The van der Waals surface area contributed by atoms with E-state index in [1.165, 1.54) is 40.2 Å². The minimum Gasteiger partial charge on any atom is -0.325 e. The minimum absolute atomic E-state index is 0.282. The Hall–Kier alpha value is -3.52. The normalized spacial score (nSPS) is 11.0. The highest BCUT2D eigenvalue weighted by Gasteiger charge is 2.17. The van der Waals surface area contributed by atoms with Gasteiger partial charge >= 0.3 is 5.69 Å². The maximum Gasteiger partial charge on any atom is 0.336 e. The van der Waals surface area contributed by atoms with E-state index in [1.54, 1.807) is 23.6 Å². The van der Waals surface area contributed by atoms with E-state index < -0.39 is 23.0 Å². The summed E-state index contributed by atoms with van der Waals surface area (Å²) in [5.74, 6) is -0.871. The molecule has 6 nitrogen and oxygen atoms in total. The van der Waals surface area contributed by atoms with Crippen molar-refractivity contribution < 1.29 is 9.18 Å². The number of anilines is 1. The molecule has 0 bridgehead atoms. The van der Waals surface area contributed by atoms with Crippen molar-refractivity contribution in [3.8, 4) is 5.69 Å². The summed E-state index contributed by atoms with van der Waals surface area (Å²) in [6.07, 6.45) is 0. The van der Waals surface area contributed by atoms with Crippen LogP contribution in [0.1, 0.15) is 5.56 Å². The van der Waals surface area contributed by atoms with Crippen molar-refractivity contribution >= 4 is 33.1 Å². The Balaban J connectivity index is 1.77. The summed E-state index contributed by atoms with van der Waals surface area (Å²) >= 11 is 1.22. The first kappa shape index (κ1) is 18.8. The van der Waals surface area contributed by atoms with Crippen molar-refractivity contribution in [1.29, 1.82) is 0 Å². The van der Waals surface area contributed by atoms with Crippen LogP contribution in [-0.4, -0.2) is 15.0 Å². The third-order valence-corrected chi connectivity index (χ3v) is 5.37. The molecule has 0 fully saturated rings. The number of hydrogen-bond acceptors (Lipinski definition) is 4. The highest BCUT2D eigenvalue weighted by atomic mass is 32.1. The molecule has 2 aromatic heterocycles. The fraction of sp³-hybridized carbons (Fsp3) is 0.0952. The molecular formula is C21H16FN3O3S. The third-order valence-electron chi connectivity index (χ3n) is 4.48. The number of benzene rings is 2. The van der Waals surface area contributed by atoms with Gasteiger partial charge in [-0.05, 0) is 54.8 Å². The van der Waals surface area contributed by atoms with Crippen molar-refractivity contribution in [1.82, 2.24) is 9.13 Å². The number of carbonyl (C=O) groups is 1. The number of thiophene rings is 1. The van der Waals surface area contributed by atoms with Crippen molar-refractivity contribution in [2.75, 3.05) is 5.32 Å². The Morgan fingerprint density at radius 1 is 1.03 bits per heavy atom. The van der Waals surface area contributed by atoms with Gasteiger partial charge in [0.2, 0.25) is 5.91 Å². The van der Waals surface area contributed by atoms with E-state index in [9.17, 15) is 18.8 Å². The minimum atomic E-state index is -0.598. The summed E-state index contributed by atoms with van der Waals surface area (Å²) in [4.78, 5) is 38.5. The zero-order valence-corrected chi connectivity index (χ0v) is 16.2. The molecule has 1 N–H and O–H groups in total. The van der Waals surface area contributed by atoms with Gasteiger partial charge in [0.25, 0.3) is 5.56 Å². The van der Waals surface area contributed by atoms with Gasteiger partial charge in [0.15, 0.2) is 0 Å². The largest absolute Gasteiger partial charge is 0.336 e. The van der Waals surface area contributed by atoms with Gasteiger partial charge in [-0.2, -0.15) is 0 Å². The number of hydrogen-bond donors (Lipinski definition) is 1. The lowest BCUT2D eigenvalue weighted by Crippen LogP contribution is -2.40. The number of rotatable bonds is 4. The predicted octanol–water partition coefficient (Wildman–Crippen LogP) is 3.30. The summed E-state index contributed by atoms with van der Waals surface area (Å²) in [6.45, 7) is 1.63. The second-order valence-electron chi connectivity index (χ2n) is 6.53. The summed E-state index contributed by atoms with van der Waals surface area (Å²) in [6, 6.07) is 14.0. The van der Waals surface area contributed by atoms with E-state index in [2.05, 4.69) is 5.32 Å². The quantitative estimate of drug-likeness (QED) is 0.562. The van der Waals surface area contributed by atoms with Crippen LogP contribution in [-0.2, 0) is 11.3 Å². The Bertz CT molecular complexity index is 1320. The van der Waals surface area contributed by atoms with Crippen LogP contribution in [0.5, 0.6) is 0 Å². The smallest absolute Gasteiger partial charge is 0.325 e. The molecule has 0 saturated heterocycles. The maximum atomic E-state index is 13.1. The Labute approximate surface area is 168 Å². The van der Waals surface area contributed by atoms with Crippen LogP contribution >= 0.6 is 11.3 Å². The molecule has 0 unspecified atom stereocenters. The number of amides is 1. The molecule has 146 valence electrons. The Kier molecular flexibility index (Phi) is 4.85. The summed E-state index contributed by atoms with van der Waals surface area (Å²) < 4.78 is 15.8. The number of nitrogens with zero attached hydrogens (tertiary/aromatic N) is 2. The Morgan fingerprint density at radius 3 is 2.41 bits per heavy atom. The van der Waals surface area contributed by atoms with Crippen LogP contribution in [0.4, 0.5) is 10.1 Å². The fourth-order valence-corrected chi connectivity index (χ4v) is 3.86. The van der Waals surface area contributed by atoms with E-state index in [1.807, 2.05) is 19.1 Å². The van der Waals surface area contributed by atoms with Crippen molar-refractivity contribution in [2.45, 2.75) is 13.5 Å². The molecule has 0 radical (unpaired) electrons. The van der Waals surface area contributed by atoms with Crippen LogP contribution in [0.3, 0.4) is 0 Å². The van der Waals surface area contributed by atoms with E-state index in [0.717, 1.165) is 10.1 Å². The zero-order valence-electron chi connectivity index (χ0n) is 15.4. The molecule has 4 aromatic rings. The van der Waals surface area contributed by atoms with Crippen LogP contribution < -0.4 is 16.6 Å². The fourth-order valence-electron chi connectivity index (χ4n) is 3.04. The maximum absolute atomic E-state index is 13.1. The molecule has 0 spiro atoms. The topological polar surface area (TPSA) is 73.1 Å². The van der Waals surface area contributed by atoms with E-state index in [-0.39, 0.29) is 6.54 Å². The number of carbonyl (C=O) groups excluding carboxylic acids is 1. The average molecular weight is 409 g/mol. The molecule has 2 aromatic carbocycles. The van der Waals surface area contributed by atoms with Gasteiger partial charge in [0, 0.05) is 5.69 Å². The molecule has 29 heavy (non-hydrogen) atoms. The van der Waals surface area contributed by atoms with Gasteiger partial charge in [-0.15, -0.1) is 11.3 Å². The molecule has 0 aliphatic rings. The first-order valence-corrected chi connectivity index (χ1v) is 9.67. The molecule has 0 saturated carbocycles. The second-order valence-corrected chi connectivity index (χ2v) is 7.45. The highest BCUT2D eigenvalue weighted by Crippen LogP contribution is 2.17. The number of aryl methyl sites for hydroxylation is 1. The van der Waals surface area contributed by atoms with Gasteiger partial charge in [0.1, 0.15) is 17.1 Å². The molecule has 0 atom stereocenters. The molecule has 1 amide bonds. The molecule has 0 aliphatic carbocycles. The SMILES string of the molecule is Cc1ccc(-n2c(=O)c3sccc3n(CC(=O)Nc3ccc(F)cc3)c2=O)cc1. The zero-order chi connectivity index (χ0) is 20.5. The van der Waals surface area contributed by atoms with Gasteiger partial charge in [0.05, 0.1) is 11.2 Å². The Morgan fingerprint density at radius 2 is 1.72 bits per heavy atom. The van der Waals surface area contributed by atoms with Gasteiger partial charge < -0.3 is 5.32 Å². The lowest BCUT2D eigenvalue weighted by Gasteiger charge is -2.12. The monoisotopic (exact) mass is 409 g/mol. The highest BCUT2D eigenvalue weighted by molar-refractivity contribution is 7.17. The standard InChI is InChI=1S/C21H16FN3O3S/c1-13-2-8-16(9-3-13)25-20(27)19-17(10-11-29-19)24(21(25)28)12-18(26)23-15-6-4-14(22)5-7-15/h2-11H,12H2,1H3,(H,23,26). The average Bonchev–Trinajstić information content (AvgIpc) is 3.19. The molecular weight excluding hydrogens is 393 g/mol. The molecule has 2 heterocycles. The number of halogens is 1. The molecule has 4 rings (SSSR count). The van der Waals surface area contributed by atoms with Crippen molar-refractivity contribution in [2.24, 2.45) is 0 Å². The van der Waals surface area contributed by atoms with E-state index in [4.69, 9.17) is 0 Å². The third kappa shape index (κ3) is 3.62. The molecule has 0 aliphatic heterocycles. The summed E-state index contributed by atoms with van der Waals surface area (Å²) in [7, 11) is 0. The van der Waals surface area contributed by atoms with E-state index in [0.29, 0.717) is 21.6 Å². The molecule has 8 heteroatoms. The predicted molar refractivity (Wildman–Crippen MR) is 111 cm³/mol. The summed E-state index contributed by atoms with van der Waals surface area (Å²) in [5.41, 5.74) is 1.24. The lowest BCUT2D eigenvalue weighted by atomic mass is 10.2. The van der Waals surface area contributed by atoms with Crippen LogP contribution in [0.15, 0.2) is 69.6 Å². The number of fused-ring (bicyclic) bond motifs is 1. The van der Waals surface area contributed by atoms with Crippen molar-refractivity contribution in [3.05, 3.63) is 92.2 Å².